The van der Waals surface area contributed by atoms with Crippen LogP contribution in [0.2, 0.25) is 5.02 Å². The van der Waals surface area contributed by atoms with Gasteiger partial charge in [0, 0.05) is 6.54 Å². The fourth-order valence-electron chi connectivity index (χ4n) is 1.81. The monoisotopic (exact) mass is 311 g/mol. The minimum atomic E-state index is -0.886. The van der Waals surface area contributed by atoms with Crippen molar-refractivity contribution in [3.05, 3.63) is 69.7 Å². The summed E-state index contributed by atoms with van der Waals surface area (Å²) in [5, 5.41) is 11.1. The molecule has 3 nitrogen and oxygen atoms in total. The van der Waals surface area contributed by atoms with Gasteiger partial charge in [-0.2, -0.15) is 0 Å². The highest BCUT2D eigenvalue weighted by Gasteiger charge is 2.15. The zero-order chi connectivity index (χ0) is 15.4. The standard InChI is InChI=1S/C15H12ClF2NO2/c16-12-6-13(17)11(5-14(12)18)15(21)19-7-9-2-1-3-10(4-9)8-20/h1-6,20H,7-8H2,(H,19,21). The molecule has 0 unspecified atom stereocenters. The normalized spacial score (nSPS) is 10.5. The van der Waals surface area contributed by atoms with Gasteiger partial charge in [0.2, 0.25) is 0 Å². The van der Waals surface area contributed by atoms with Crippen molar-refractivity contribution in [2.24, 2.45) is 0 Å². The molecule has 2 aromatic rings. The highest BCUT2D eigenvalue weighted by Crippen LogP contribution is 2.19. The average molecular weight is 312 g/mol. The molecule has 2 aromatic carbocycles. The largest absolute Gasteiger partial charge is 0.392 e. The van der Waals surface area contributed by atoms with Crippen molar-refractivity contribution >= 4 is 17.5 Å². The molecular formula is C15H12ClF2NO2. The van der Waals surface area contributed by atoms with Gasteiger partial charge in [-0.3, -0.25) is 4.79 Å². The summed E-state index contributed by atoms with van der Waals surface area (Å²) in [6.45, 7) is 0.0230. The van der Waals surface area contributed by atoms with E-state index in [9.17, 15) is 13.6 Å². The summed E-state index contributed by atoms with van der Waals surface area (Å²) in [7, 11) is 0. The van der Waals surface area contributed by atoms with Gasteiger partial charge in [-0.1, -0.05) is 35.9 Å². The Morgan fingerprint density at radius 3 is 2.57 bits per heavy atom. The number of hydrogen-bond donors (Lipinski definition) is 2. The maximum absolute atomic E-state index is 13.6. The first-order valence-corrected chi connectivity index (χ1v) is 6.50. The van der Waals surface area contributed by atoms with Crippen molar-refractivity contribution < 1.29 is 18.7 Å². The van der Waals surface area contributed by atoms with Crippen LogP contribution in [0, 0.1) is 11.6 Å². The summed E-state index contributed by atoms with van der Waals surface area (Å²) in [6.07, 6.45) is 0. The van der Waals surface area contributed by atoms with Crippen LogP contribution in [0.25, 0.3) is 0 Å². The fraction of sp³-hybridized carbons (Fsp3) is 0.133. The summed E-state index contributed by atoms with van der Waals surface area (Å²) in [4.78, 5) is 11.8. The van der Waals surface area contributed by atoms with Gasteiger partial charge in [-0.15, -0.1) is 0 Å². The Morgan fingerprint density at radius 2 is 1.86 bits per heavy atom. The van der Waals surface area contributed by atoms with E-state index in [1.54, 1.807) is 24.3 Å². The summed E-state index contributed by atoms with van der Waals surface area (Å²) in [5.74, 6) is -2.48. The number of carbonyl (C=O) groups is 1. The van der Waals surface area contributed by atoms with E-state index in [0.717, 1.165) is 17.7 Å². The van der Waals surface area contributed by atoms with Crippen molar-refractivity contribution in [3.8, 4) is 0 Å². The predicted molar refractivity (Wildman–Crippen MR) is 74.9 cm³/mol. The van der Waals surface area contributed by atoms with E-state index in [0.29, 0.717) is 5.56 Å². The zero-order valence-corrected chi connectivity index (χ0v) is 11.6. The second kappa shape index (κ2) is 6.65. The minimum Gasteiger partial charge on any atom is -0.392 e. The third kappa shape index (κ3) is 3.77. The number of aliphatic hydroxyl groups is 1. The quantitative estimate of drug-likeness (QED) is 0.853. The van der Waals surface area contributed by atoms with Crippen molar-refractivity contribution in [2.45, 2.75) is 13.2 Å². The smallest absolute Gasteiger partial charge is 0.254 e. The Balaban J connectivity index is 2.10. The molecule has 0 bridgehead atoms. The van der Waals surface area contributed by atoms with Gasteiger partial charge < -0.3 is 10.4 Å². The third-order valence-electron chi connectivity index (χ3n) is 2.88. The van der Waals surface area contributed by atoms with Crippen molar-refractivity contribution in [1.82, 2.24) is 5.32 Å². The zero-order valence-electron chi connectivity index (χ0n) is 10.9. The molecular weight excluding hydrogens is 300 g/mol. The van der Waals surface area contributed by atoms with Crippen molar-refractivity contribution in [3.63, 3.8) is 0 Å². The van der Waals surface area contributed by atoms with Crippen LogP contribution in [-0.4, -0.2) is 11.0 Å². The highest BCUT2D eigenvalue weighted by molar-refractivity contribution is 6.30. The molecule has 0 aromatic heterocycles. The molecule has 0 atom stereocenters. The first-order valence-electron chi connectivity index (χ1n) is 6.12. The van der Waals surface area contributed by atoms with E-state index in [4.69, 9.17) is 16.7 Å². The summed E-state index contributed by atoms with van der Waals surface area (Å²) >= 11 is 5.43. The number of hydrogen-bond acceptors (Lipinski definition) is 2. The Hall–Kier alpha value is -1.98. The molecule has 0 fully saturated rings. The van der Waals surface area contributed by atoms with E-state index < -0.39 is 23.1 Å². The summed E-state index contributed by atoms with van der Waals surface area (Å²) in [6, 6.07) is 8.45. The van der Waals surface area contributed by atoms with Gasteiger partial charge >= 0.3 is 0 Å². The number of rotatable bonds is 4. The minimum absolute atomic E-state index is 0.112. The van der Waals surface area contributed by atoms with Crippen molar-refractivity contribution in [1.29, 1.82) is 0 Å². The van der Waals surface area contributed by atoms with Gasteiger partial charge in [0.05, 0.1) is 17.2 Å². The van der Waals surface area contributed by atoms with Gasteiger partial charge in [0.15, 0.2) is 0 Å². The molecule has 0 radical (unpaired) electrons. The number of carbonyl (C=O) groups excluding carboxylic acids is 1. The Bertz CT molecular complexity index is 677. The summed E-state index contributed by atoms with van der Waals surface area (Å²) < 4.78 is 26.9. The second-order valence-corrected chi connectivity index (χ2v) is 4.81. The molecule has 2 rings (SSSR count). The van der Waals surface area contributed by atoms with Crippen LogP contribution < -0.4 is 5.32 Å². The lowest BCUT2D eigenvalue weighted by molar-refractivity contribution is 0.0946. The van der Waals surface area contributed by atoms with E-state index in [-0.39, 0.29) is 18.2 Å². The van der Waals surface area contributed by atoms with Crippen LogP contribution in [0.5, 0.6) is 0 Å². The van der Waals surface area contributed by atoms with Crippen LogP contribution in [0.15, 0.2) is 36.4 Å². The molecule has 2 N–H and O–H groups in total. The molecule has 0 heterocycles. The Kier molecular flexibility index (Phi) is 4.88. The number of halogens is 3. The maximum Gasteiger partial charge on any atom is 0.254 e. The average Bonchev–Trinajstić information content (AvgIpc) is 2.48. The molecule has 0 aliphatic carbocycles. The summed E-state index contributed by atoms with van der Waals surface area (Å²) in [5.41, 5.74) is 1.03. The Morgan fingerprint density at radius 1 is 1.14 bits per heavy atom. The van der Waals surface area contributed by atoms with Crippen LogP contribution in [-0.2, 0) is 13.2 Å². The van der Waals surface area contributed by atoms with E-state index in [1.807, 2.05) is 0 Å². The predicted octanol–water partition coefficient (Wildman–Crippen LogP) is 3.04. The molecule has 110 valence electrons. The third-order valence-corrected chi connectivity index (χ3v) is 3.17. The number of benzene rings is 2. The van der Waals surface area contributed by atoms with Gasteiger partial charge in [0.1, 0.15) is 11.6 Å². The van der Waals surface area contributed by atoms with Crippen LogP contribution in [0.3, 0.4) is 0 Å². The molecule has 6 heteroatoms. The molecule has 0 aliphatic rings. The molecule has 0 saturated heterocycles. The number of amides is 1. The van der Waals surface area contributed by atoms with E-state index in [2.05, 4.69) is 5.32 Å². The fourth-order valence-corrected chi connectivity index (χ4v) is 1.96. The van der Waals surface area contributed by atoms with Crippen LogP contribution in [0.1, 0.15) is 21.5 Å². The van der Waals surface area contributed by atoms with Gasteiger partial charge in [-0.25, -0.2) is 8.78 Å². The highest BCUT2D eigenvalue weighted by atomic mass is 35.5. The topological polar surface area (TPSA) is 49.3 Å². The SMILES string of the molecule is O=C(NCc1cccc(CO)c1)c1cc(F)c(Cl)cc1F. The van der Waals surface area contributed by atoms with Crippen LogP contribution in [0.4, 0.5) is 8.78 Å². The van der Waals surface area contributed by atoms with E-state index >= 15 is 0 Å². The molecule has 0 saturated carbocycles. The second-order valence-electron chi connectivity index (χ2n) is 4.41. The first kappa shape index (κ1) is 15.4. The van der Waals surface area contributed by atoms with Gasteiger partial charge in [0.25, 0.3) is 5.91 Å². The number of aliphatic hydroxyl groups excluding tert-OH is 1. The molecule has 0 aliphatic heterocycles. The lowest BCUT2D eigenvalue weighted by atomic mass is 10.1. The van der Waals surface area contributed by atoms with Crippen molar-refractivity contribution in [2.75, 3.05) is 0 Å². The van der Waals surface area contributed by atoms with Gasteiger partial charge in [-0.05, 0) is 23.3 Å². The van der Waals surface area contributed by atoms with Crippen LogP contribution >= 0.6 is 11.6 Å². The molecule has 0 spiro atoms. The molecule has 1 amide bonds. The number of nitrogens with one attached hydrogen (secondary N) is 1. The lowest BCUT2D eigenvalue weighted by Gasteiger charge is -2.08. The maximum atomic E-state index is 13.6. The first-order chi connectivity index (χ1) is 10.0. The molecule has 21 heavy (non-hydrogen) atoms. The lowest BCUT2D eigenvalue weighted by Crippen LogP contribution is -2.24. The Labute approximate surface area is 125 Å². The van der Waals surface area contributed by atoms with E-state index in [1.165, 1.54) is 0 Å².